The van der Waals surface area contributed by atoms with Gasteiger partial charge in [-0.1, -0.05) is 28.1 Å². The summed E-state index contributed by atoms with van der Waals surface area (Å²) >= 11 is 3.38. The van der Waals surface area contributed by atoms with Gasteiger partial charge in [-0.15, -0.1) is 0 Å². The van der Waals surface area contributed by atoms with Gasteiger partial charge in [0.2, 0.25) is 0 Å². The van der Waals surface area contributed by atoms with Crippen LogP contribution in [0.25, 0.3) is 11.8 Å². The molecule has 0 atom stereocenters. The third kappa shape index (κ3) is 4.87. The number of carbonyl (C=O) groups is 2. The lowest BCUT2D eigenvalue weighted by Crippen LogP contribution is -2.24. The van der Waals surface area contributed by atoms with Crippen molar-refractivity contribution in [1.82, 2.24) is 4.57 Å². The van der Waals surface area contributed by atoms with Gasteiger partial charge in [0.1, 0.15) is 0 Å². The molecule has 0 saturated carbocycles. The van der Waals surface area contributed by atoms with Gasteiger partial charge in [-0.3, -0.25) is 9.69 Å². The molecule has 0 aliphatic carbocycles. The largest absolute Gasteiger partial charge is 0.462 e. The zero-order valence-corrected chi connectivity index (χ0v) is 22.2. The number of nitrogens with zero attached hydrogens (tertiary/aromatic N) is 2. The first-order chi connectivity index (χ1) is 17.5. The van der Waals surface area contributed by atoms with Gasteiger partial charge in [0.05, 0.1) is 29.0 Å². The minimum absolute atomic E-state index is 0.0128. The highest BCUT2D eigenvalue weighted by Crippen LogP contribution is 2.38. The highest BCUT2D eigenvalue weighted by molar-refractivity contribution is 9.10. The lowest BCUT2D eigenvalue weighted by atomic mass is 10.0. The van der Waals surface area contributed by atoms with Crippen LogP contribution in [-0.2, 0) is 20.5 Å². The zero-order chi connectivity index (χ0) is 27.1. The molecule has 0 radical (unpaired) electrons. The number of ether oxygens (including phenoxy) is 1. The van der Waals surface area contributed by atoms with E-state index >= 15 is 0 Å². The molecule has 0 saturated heterocycles. The summed E-state index contributed by atoms with van der Waals surface area (Å²) in [7, 11) is 0. The Balaban J connectivity index is 1.87. The Labute approximate surface area is 221 Å². The molecule has 9 heteroatoms. The van der Waals surface area contributed by atoms with E-state index in [0.717, 1.165) is 10.5 Å². The molecule has 1 aromatic heterocycles. The molecule has 37 heavy (non-hydrogen) atoms. The maximum absolute atomic E-state index is 13.7. The summed E-state index contributed by atoms with van der Waals surface area (Å²) in [6.45, 7) is 6.83. The Bertz CT molecular complexity index is 1450. The number of alkyl halides is 3. The zero-order valence-electron chi connectivity index (χ0n) is 20.6. The highest BCUT2D eigenvalue weighted by Gasteiger charge is 2.38. The Hall–Kier alpha value is -3.59. The van der Waals surface area contributed by atoms with E-state index in [4.69, 9.17) is 4.74 Å². The summed E-state index contributed by atoms with van der Waals surface area (Å²) in [5, 5.41) is 0. The summed E-state index contributed by atoms with van der Waals surface area (Å²) < 4.78 is 48.8. The molecule has 0 N–H and O–H groups in total. The third-order valence-corrected chi connectivity index (χ3v) is 6.71. The van der Waals surface area contributed by atoms with Crippen LogP contribution in [0.5, 0.6) is 0 Å². The second-order valence-electron chi connectivity index (χ2n) is 8.53. The summed E-state index contributed by atoms with van der Waals surface area (Å²) in [5.74, 6) is -1.07. The molecule has 192 valence electrons. The summed E-state index contributed by atoms with van der Waals surface area (Å²) in [6, 6.07) is 14.1. The molecule has 2 aromatic carbocycles. The smallest absolute Gasteiger partial charge is 0.418 e. The minimum Gasteiger partial charge on any atom is -0.462 e. The van der Waals surface area contributed by atoms with Gasteiger partial charge in [-0.05, 0) is 81.8 Å². The van der Waals surface area contributed by atoms with Crippen molar-refractivity contribution in [3.05, 3.63) is 98.4 Å². The Morgan fingerprint density at radius 2 is 1.70 bits per heavy atom. The second-order valence-corrected chi connectivity index (χ2v) is 9.45. The normalized spacial score (nSPS) is 15.2. The average molecular weight is 573 g/mol. The number of aromatic nitrogens is 1. The first-order valence-corrected chi connectivity index (χ1v) is 12.3. The van der Waals surface area contributed by atoms with E-state index in [2.05, 4.69) is 15.9 Å². The van der Waals surface area contributed by atoms with Gasteiger partial charge in [-0.2, -0.15) is 13.2 Å². The van der Waals surface area contributed by atoms with E-state index in [1.54, 1.807) is 70.2 Å². The monoisotopic (exact) mass is 572 g/mol. The number of para-hydroxylation sites is 1. The highest BCUT2D eigenvalue weighted by atomic mass is 79.9. The molecule has 4 rings (SSSR count). The van der Waals surface area contributed by atoms with Crippen molar-refractivity contribution in [1.29, 1.82) is 0 Å². The van der Waals surface area contributed by atoms with Gasteiger partial charge in [0, 0.05) is 27.2 Å². The third-order valence-electron chi connectivity index (χ3n) is 6.18. The second kappa shape index (κ2) is 10.0. The molecule has 1 aliphatic heterocycles. The molecule has 0 spiro atoms. The first kappa shape index (κ1) is 26.5. The van der Waals surface area contributed by atoms with E-state index < -0.39 is 23.6 Å². The number of benzene rings is 2. The van der Waals surface area contributed by atoms with Gasteiger partial charge in [0.15, 0.2) is 0 Å². The van der Waals surface area contributed by atoms with Crippen LogP contribution in [0.3, 0.4) is 0 Å². The number of amides is 1. The van der Waals surface area contributed by atoms with Crippen molar-refractivity contribution in [2.75, 3.05) is 11.5 Å². The van der Waals surface area contributed by atoms with Crippen LogP contribution in [0.15, 0.2) is 75.9 Å². The molecule has 1 amide bonds. The molecule has 0 bridgehead atoms. The van der Waals surface area contributed by atoms with Crippen LogP contribution < -0.4 is 4.90 Å². The number of esters is 1. The van der Waals surface area contributed by atoms with Gasteiger partial charge < -0.3 is 9.30 Å². The summed E-state index contributed by atoms with van der Waals surface area (Å²) in [5.41, 5.74) is 2.00. The number of aryl methyl sites for hydroxylation is 1. The number of allylic oxidation sites excluding steroid dienone is 1. The molecule has 0 fully saturated rings. The van der Waals surface area contributed by atoms with Gasteiger partial charge in [-0.25, -0.2) is 4.79 Å². The van der Waals surface area contributed by atoms with Crippen molar-refractivity contribution in [2.24, 2.45) is 0 Å². The number of carbonyl (C=O) groups excluding carboxylic acids is 2. The number of hydrogen-bond donors (Lipinski definition) is 0. The lowest BCUT2D eigenvalue weighted by molar-refractivity contribution is -0.138. The van der Waals surface area contributed by atoms with Crippen molar-refractivity contribution in [3.8, 4) is 5.69 Å². The quantitative estimate of drug-likeness (QED) is 0.241. The topological polar surface area (TPSA) is 51.5 Å². The van der Waals surface area contributed by atoms with Crippen LogP contribution in [-0.4, -0.2) is 23.1 Å². The van der Waals surface area contributed by atoms with Gasteiger partial charge in [0.25, 0.3) is 5.91 Å². The maximum atomic E-state index is 13.7. The van der Waals surface area contributed by atoms with Crippen LogP contribution in [0.2, 0.25) is 0 Å². The number of hydrogen-bond acceptors (Lipinski definition) is 3. The predicted molar refractivity (Wildman–Crippen MR) is 139 cm³/mol. The number of halogens is 4. The molecule has 5 nitrogen and oxygen atoms in total. The van der Waals surface area contributed by atoms with Crippen molar-refractivity contribution >= 4 is 39.6 Å². The SMILES string of the molecule is CCOC(=O)C1=C(C)N(c2ccc(Br)cc2)C(=O)/C1=C\c1cc(C)n(-c2ccccc2C(F)(F)F)c1C. The fourth-order valence-corrected chi connectivity index (χ4v) is 4.81. The molecular weight excluding hydrogens is 549 g/mol. The first-order valence-electron chi connectivity index (χ1n) is 11.5. The van der Waals surface area contributed by atoms with Crippen LogP contribution in [0, 0.1) is 13.8 Å². The Morgan fingerprint density at radius 3 is 2.32 bits per heavy atom. The van der Waals surface area contributed by atoms with Crippen LogP contribution in [0.4, 0.5) is 18.9 Å². The number of rotatable bonds is 5. The Kier molecular flexibility index (Phi) is 7.19. The van der Waals surface area contributed by atoms with E-state index in [1.807, 2.05) is 0 Å². The summed E-state index contributed by atoms with van der Waals surface area (Å²) in [4.78, 5) is 28.0. The lowest BCUT2D eigenvalue weighted by Gasteiger charge is -2.18. The number of anilines is 1. The molecule has 2 heterocycles. The maximum Gasteiger partial charge on any atom is 0.418 e. The van der Waals surface area contributed by atoms with E-state index in [-0.39, 0.29) is 23.4 Å². The average Bonchev–Trinajstić information content (AvgIpc) is 3.25. The molecule has 0 unspecified atom stereocenters. The van der Waals surface area contributed by atoms with Gasteiger partial charge >= 0.3 is 12.1 Å². The van der Waals surface area contributed by atoms with E-state index in [1.165, 1.54) is 21.6 Å². The van der Waals surface area contributed by atoms with Crippen molar-refractivity contribution < 1.29 is 27.5 Å². The van der Waals surface area contributed by atoms with E-state index in [0.29, 0.717) is 28.3 Å². The van der Waals surface area contributed by atoms with E-state index in [9.17, 15) is 22.8 Å². The molecule has 1 aliphatic rings. The van der Waals surface area contributed by atoms with Crippen LogP contribution in [0.1, 0.15) is 36.4 Å². The Morgan fingerprint density at radius 1 is 1.05 bits per heavy atom. The fraction of sp³-hybridized carbons (Fsp3) is 0.214. The predicted octanol–water partition coefficient (Wildman–Crippen LogP) is 7.14. The standard InChI is InChI=1S/C28H24BrF3N2O3/c1-5-37-27(36)25-18(4)34(21-12-10-20(29)11-13-21)26(35)22(25)15-19-14-16(2)33(17(19)3)24-9-7-6-8-23(24)28(30,31)32/h6-15H,5H2,1-4H3/b22-15-. The summed E-state index contributed by atoms with van der Waals surface area (Å²) in [6.07, 6.45) is -2.99. The van der Waals surface area contributed by atoms with Crippen LogP contribution >= 0.6 is 15.9 Å². The molecular formula is C28H24BrF3N2O3. The molecule has 3 aromatic rings. The van der Waals surface area contributed by atoms with Crippen molar-refractivity contribution in [3.63, 3.8) is 0 Å². The fourth-order valence-electron chi connectivity index (χ4n) is 4.55. The van der Waals surface area contributed by atoms with Crippen molar-refractivity contribution in [2.45, 2.75) is 33.9 Å². The minimum atomic E-state index is -4.54.